The number of pyridine rings is 1. The van der Waals surface area contributed by atoms with E-state index >= 15 is 0 Å². The molecule has 0 amide bonds. The first-order chi connectivity index (χ1) is 9.41. The van der Waals surface area contributed by atoms with Crippen molar-refractivity contribution in [2.45, 2.75) is 25.1 Å². The van der Waals surface area contributed by atoms with Crippen LogP contribution < -0.4 is 5.43 Å². The third kappa shape index (κ3) is 1.85. The van der Waals surface area contributed by atoms with Crippen LogP contribution in [-0.4, -0.2) is 4.57 Å². The summed E-state index contributed by atoms with van der Waals surface area (Å²) in [5.41, 5.74) is 0.0896. The molecule has 0 unspecified atom stereocenters. The fourth-order valence-corrected chi connectivity index (χ4v) is 2.80. The number of nitrogens with zero attached hydrogens (tertiary/aromatic N) is 1. The van der Waals surface area contributed by atoms with Crippen LogP contribution in [0.15, 0.2) is 41.7 Å². The Hall–Kier alpha value is -2.04. The van der Waals surface area contributed by atoms with Gasteiger partial charge in [0.05, 0.1) is 17.3 Å². The summed E-state index contributed by atoms with van der Waals surface area (Å²) in [5.74, 6) is 0. The summed E-state index contributed by atoms with van der Waals surface area (Å²) >= 11 is 0. The van der Waals surface area contributed by atoms with Gasteiger partial charge in [0.15, 0.2) is 5.43 Å². The van der Waals surface area contributed by atoms with Crippen LogP contribution in [0.25, 0.3) is 11.3 Å². The Balaban J connectivity index is 2.35. The van der Waals surface area contributed by atoms with Gasteiger partial charge in [-0.05, 0) is 37.1 Å². The maximum atomic E-state index is 12.9. The van der Waals surface area contributed by atoms with E-state index in [0.29, 0.717) is 17.3 Å². The van der Waals surface area contributed by atoms with Crippen LogP contribution in [0.4, 0.5) is 13.2 Å². The van der Waals surface area contributed by atoms with Crippen molar-refractivity contribution in [3.05, 3.63) is 58.4 Å². The zero-order valence-electron chi connectivity index (χ0n) is 10.6. The Morgan fingerprint density at radius 2 is 2.05 bits per heavy atom. The molecule has 0 N–H and O–H groups in total. The van der Waals surface area contributed by atoms with Crippen molar-refractivity contribution in [2.75, 3.05) is 0 Å². The summed E-state index contributed by atoms with van der Waals surface area (Å²) < 4.78 is 40.4. The van der Waals surface area contributed by atoms with E-state index in [1.54, 1.807) is 22.8 Å². The Labute approximate surface area is 113 Å². The summed E-state index contributed by atoms with van der Waals surface area (Å²) in [6.45, 7) is 3.72. The minimum atomic E-state index is -4.51. The van der Waals surface area contributed by atoms with Gasteiger partial charge in [-0.2, -0.15) is 13.2 Å². The van der Waals surface area contributed by atoms with E-state index in [9.17, 15) is 18.0 Å². The lowest BCUT2D eigenvalue weighted by molar-refractivity contribution is -0.137. The molecule has 0 saturated carbocycles. The molecule has 0 aromatic heterocycles. The molecule has 0 bridgehead atoms. The highest BCUT2D eigenvalue weighted by molar-refractivity contribution is 5.64. The van der Waals surface area contributed by atoms with Crippen molar-refractivity contribution in [3.63, 3.8) is 0 Å². The molecular formula is C15H12F3NO. The van der Waals surface area contributed by atoms with E-state index in [0.717, 1.165) is 24.6 Å². The smallest absolute Gasteiger partial charge is 0.338 e. The number of fused-ring (bicyclic) bond motifs is 3. The fraction of sp³-hybridized carbons (Fsp3) is 0.267. The van der Waals surface area contributed by atoms with Crippen molar-refractivity contribution < 1.29 is 13.2 Å². The van der Waals surface area contributed by atoms with Crippen molar-refractivity contribution in [1.82, 2.24) is 4.57 Å². The van der Waals surface area contributed by atoms with E-state index < -0.39 is 17.2 Å². The number of rotatable bonds is 1. The second-order valence-corrected chi connectivity index (χ2v) is 4.94. The normalized spacial score (nSPS) is 18.2. The molecule has 2 nitrogen and oxygen atoms in total. The molecule has 1 aliphatic carbocycles. The Morgan fingerprint density at radius 3 is 2.70 bits per heavy atom. The predicted octanol–water partition coefficient (Wildman–Crippen LogP) is 3.65. The van der Waals surface area contributed by atoms with Gasteiger partial charge in [0.2, 0.25) is 0 Å². The molecular weight excluding hydrogens is 267 g/mol. The topological polar surface area (TPSA) is 22.0 Å². The van der Waals surface area contributed by atoms with Crippen LogP contribution >= 0.6 is 0 Å². The van der Waals surface area contributed by atoms with Gasteiger partial charge >= 0.3 is 6.18 Å². The zero-order chi connectivity index (χ0) is 14.5. The number of hydrogen-bond donors (Lipinski definition) is 0. The molecule has 0 fully saturated rings. The average molecular weight is 279 g/mol. The molecule has 0 aromatic rings. The molecule has 1 atom stereocenters. The minimum Gasteiger partial charge on any atom is -0.338 e. The van der Waals surface area contributed by atoms with Crippen LogP contribution in [0.5, 0.6) is 0 Å². The predicted molar refractivity (Wildman–Crippen MR) is 69.9 cm³/mol. The van der Waals surface area contributed by atoms with Crippen molar-refractivity contribution in [1.29, 1.82) is 0 Å². The van der Waals surface area contributed by atoms with Gasteiger partial charge in [-0.15, -0.1) is 6.58 Å². The number of halogens is 3. The third-order valence-corrected chi connectivity index (χ3v) is 3.76. The molecule has 2 heterocycles. The Kier molecular flexibility index (Phi) is 2.74. The molecule has 3 aliphatic rings. The number of benzene rings is 1. The lowest BCUT2D eigenvalue weighted by Crippen LogP contribution is -2.18. The van der Waals surface area contributed by atoms with E-state index in [2.05, 4.69) is 6.58 Å². The van der Waals surface area contributed by atoms with Crippen molar-refractivity contribution >= 4 is 0 Å². The standard InChI is InChI=1S/C15H12F3NO/c1-2-10-3-4-11-5-6-12-13(19(10)11)7-9(8-14(12)20)15(16,17)18/h2,5-8,10H,1,3-4H2/t10-/m1/s1. The zero-order valence-corrected chi connectivity index (χ0v) is 10.6. The fourth-order valence-electron chi connectivity index (χ4n) is 2.80. The molecule has 2 aliphatic heterocycles. The number of alkyl halides is 3. The van der Waals surface area contributed by atoms with Gasteiger partial charge in [0.1, 0.15) is 0 Å². The maximum Gasteiger partial charge on any atom is 0.416 e. The van der Waals surface area contributed by atoms with Gasteiger partial charge in [-0.1, -0.05) is 6.08 Å². The quantitative estimate of drug-likeness (QED) is 0.730. The maximum absolute atomic E-state index is 12.9. The first-order valence-electron chi connectivity index (χ1n) is 6.30. The number of allylic oxidation sites excluding steroid dienone is 1. The largest absolute Gasteiger partial charge is 0.416 e. The van der Waals surface area contributed by atoms with Crippen molar-refractivity contribution in [3.8, 4) is 11.3 Å². The minimum absolute atomic E-state index is 0.0587. The number of hydrogen-bond acceptors (Lipinski definition) is 1. The molecule has 5 heteroatoms. The molecule has 0 saturated heterocycles. The highest BCUT2D eigenvalue weighted by atomic mass is 19.4. The van der Waals surface area contributed by atoms with Gasteiger partial charge in [0.25, 0.3) is 0 Å². The summed E-state index contributed by atoms with van der Waals surface area (Å²) in [4.78, 5) is 11.9. The summed E-state index contributed by atoms with van der Waals surface area (Å²) in [5, 5.41) is 0. The van der Waals surface area contributed by atoms with E-state index in [1.165, 1.54) is 0 Å². The molecule has 104 valence electrons. The van der Waals surface area contributed by atoms with Crippen LogP contribution in [0, 0.1) is 0 Å². The first-order valence-corrected chi connectivity index (χ1v) is 6.30. The molecule has 0 aromatic carbocycles. The second-order valence-electron chi connectivity index (χ2n) is 4.94. The van der Waals surface area contributed by atoms with E-state index in [4.69, 9.17) is 0 Å². The highest BCUT2D eigenvalue weighted by Gasteiger charge is 2.33. The summed E-state index contributed by atoms with van der Waals surface area (Å²) in [7, 11) is 0. The average Bonchev–Trinajstić information content (AvgIpc) is 2.80. The van der Waals surface area contributed by atoms with Crippen LogP contribution in [0.3, 0.4) is 0 Å². The SMILES string of the molecule is C=C[C@@H]1CCc2ccc3c(=O)cc(C(F)(F)F)cc-3n21. The first kappa shape index (κ1) is 13.0. The highest BCUT2D eigenvalue weighted by Crippen LogP contribution is 2.36. The van der Waals surface area contributed by atoms with Crippen LogP contribution in [0.2, 0.25) is 0 Å². The molecule has 3 rings (SSSR count). The summed E-state index contributed by atoms with van der Waals surface area (Å²) in [6, 6.07) is 5.07. The van der Waals surface area contributed by atoms with Crippen LogP contribution in [0.1, 0.15) is 23.7 Å². The third-order valence-electron chi connectivity index (χ3n) is 3.76. The van der Waals surface area contributed by atoms with Gasteiger partial charge in [-0.25, -0.2) is 0 Å². The lowest BCUT2D eigenvalue weighted by Gasteiger charge is -2.20. The van der Waals surface area contributed by atoms with E-state index in [-0.39, 0.29) is 6.04 Å². The van der Waals surface area contributed by atoms with E-state index in [1.807, 2.05) is 0 Å². The van der Waals surface area contributed by atoms with Gasteiger partial charge in [0, 0.05) is 11.3 Å². The second kappa shape index (κ2) is 4.23. The Morgan fingerprint density at radius 1 is 1.30 bits per heavy atom. The van der Waals surface area contributed by atoms with Gasteiger partial charge in [-0.3, -0.25) is 4.79 Å². The lowest BCUT2D eigenvalue weighted by atomic mass is 10.0. The summed E-state index contributed by atoms with van der Waals surface area (Å²) in [6.07, 6.45) is -1.23. The molecule has 20 heavy (non-hydrogen) atoms. The van der Waals surface area contributed by atoms with Crippen LogP contribution in [-0.2, 0) is 12.6 Å². The molecule has 0 spiro atoms. The number of aryl methyl sites for hydroxylation is 1. The number of aromatic nitrogens is 1. The molecule has 0 radical (unpaired) electrons. The Bertz CT molecular complexity index is 714. The van der Waals surface area contributed by atoms with Crippen molar-refractivity contribution in [2.24, 2.45) is 0 Å². The van der Waals surface area contributed by atoms with Gasteiger partial charge < -0.3 is 4.57 Å². The monoisotopic (exact) mass is 279 g/mol.